The van der Waals surface area contributed by atoms with Gasteiger partial charge >= 0.3 is 0 Å². The number of aromatic nitrogens is 1. The van der Waals surface area contributed by atoms with Crippen LogP contribution < -0.4 is 15.6 Å². The Bertz CT molecular complexity index is 823. The maximum Gasteiger partial charge on any atom is 0.267 e. The zero-order chi connectivity index (χ0) is 16.4. The van der Waals surface area contributed by atoms with Crippen LogP contribution in [0.25, 0.3) is 10.9 Å². The van der Waals surface area contributed by atoms with Gasteiger partial charge in [-0.05, 0) is 25.1 Å². The van der Waals surface area contributed by atoms with E-state index in [1.165, 1.54) is 31.7 Å². The van der Waals surface area contributed by atoms with Crippen LogP contribution in [0.15, 0.2) is 23.0 Å². The molecule has 2 rings (SSSR count). The number of hydrogen-bond donors (Lipinski definition) is 2. The Morgan fingerprint density at radius 3 is 2.64 bits per heavy atom. The van der Waals surface area contributed by atoms with Crippen molar-refractivity contribution in [3.8, 4) is 11.5 Å². The molecule has 0 saturated carbocycles. The number of carbonyl (C=O) groups excluding carboxylic acids is 2. The first kappa shape index (κ1) is 15.6. The molecule has 1 amide bonds. The highest BCUT2D eigenvalue weighted by Gasteiger charge is 2.21. The average Bonchev–Trinajstić information content (AvgIpc) is 2.50. The van der Waals surface area contributed by atoms with Crippen LogP contribution in [0.4, 0.5) is 0 Å². The zero-order valence-electron chi connectivity index (χ0n) is 12.5. The molecule has 116 valence electrons. The molecule has 1 aromatic heterocycles. The number of nitrogens with zero attached hydrogens (tertiary/aromatic N) is 1. The third-order valence-corrected chi connectivity index (χ3v) is 3.30. The van der Waals surface area contributed by atoms with Crippen molar-refractivity contribution in [1.29, 1.82) is 0 Å². The summed E-state index contributed by atoms with van der Waals surface area (Å²) < 4.78 is 6.34. The highest BCUT2D eigenvalue weighted by molar-refractivity contribution is 6.03. The van der Waals surface area contributed by atoms with Crippen LogP contribution in [0.1, 0.15) is 17.3 Å². The van der Waals surface area contributed by atoms with E-state index in [0.717, 1.165) is 0 Å². The first-order valence-corrected chi connectivity index (χ1v) is 6.54. The molecule has 2 N–H and O–H groups in total. The van der Waals surface area contributed by atoms with E-state index in [4.69, 9.17) is 4.74 Å². The van der Waals surface area contributed by atoms with Crippen molar-refractivity contribution in [3.05, 3.63) is 34.1 Å². The Kier molecular flexibility index (Phi) is 4.16. The highest BCUT2D eigenvalue weighted by Crippen LogP contribution is 2.29. The van der Waals surface area contributed by atoms with Gasteiger partial charge in [0.2, 0.25) is 0 Å². The third-order valence-electron chi connectivity index (χ3n) is 3.30. The maximum atomic E-state index is 12.3. The van der Waals surface area contributed by atoms with Gasteiger partial charge in [0.05, 0.1) is 19.2 Å². The Morgan fingerprint density at radius 1 is 1.36 bits per heavy atom. The van der Waals surface area contributed by atoms with Crippen LogP contribution in [0, 0.1) is 0 Å². The molecule has 0 aliphatic carbocycles. The minimum atomic E-state index is -0.794. The van der Waals surface area contributed by atoms with Crippen molar-refractivity contribution in [2.75, 3.05) is 13.7 Å². The SMILES string of the molecule is COc1ccc2c(c1)c(O)c(C(=O)NCC(C)=O)c(=O)n2C. The number of Topliss-reactive ketones (excluding diaryl/α,β-unsaturated/α-hetero) is 1. The van der Waals surface area contributed by atoms with E-state index < -0.39 is 22.8 Å². The van der Waals surface area contributed by atoms with Crippen molar-refractivity contribution in [2.24, 2.45) is 7.05 Å². The summed E-state index contributed by atoms with van der Waals surface area (Å²) in [4.78, 5) is 35.3. The fraction of sp³-hybridized carbons (Fsp3) is 0.267. The summed E-state index contributed by atoms with van der Waals surface area (Å²) in [5, 5.41) is 12.9. The van der Waals surface area contributed by atoms with Crippen molar-refractivity contribution < 1.29 is 19.4 Å². The van der Waals surface area contributed by atoms with E-state index in [1.54, 1.807) is 12.1 Å². The lowest BCUT2D eigenvalue weighted by Gasteiger charge is -2.12. The minimum absolute atomic E-state index is 0.211. The van der Waals surface area contributed by atoms with Crippen LogP contribution in [0.2, 0.25) is 0 Å². The molecule has 0 aliphatic heterocycles. The number of carbonyl (C=O) groups is 2. The molecule has 0 bridgehead atoms. The molecule has 22 heavy (non-hydrogen) atoms. The number of pyridine rings is 1. The number of aryl methyl sites for hydroxylation is 1. The quantitative estimate of drug-likeness (QED) is 0.860. The molecule has 2 aromatic rings. The van der Waals surface area contributed by atoms with E-state index in [1.807, 2.05) is 0 Å². The average molecular weight is 304 g/mol. The second-order valence-corrected chi connectivity index (χ2v) is 4.86. The molecule has 0 aliphatic rings. The van der Waals surface area contributed by atoms with E-state index in [-0.39, 0.29) is 12.3 Å². The van der Waals surface area contributed by atoms with Crippen molar-refractivity contribution >= 4 is 22.6 Å². The fourth-order valence-electron chi connectivity index (χ4n) is 2.14. The summed E-state index contributed by atoms with van der Waals surface area (Å²) in [7, 11) is 2.97. The third kappa shape index (κ3) is 2.65. The fourth-order valence-corrected chi connectivity index (χ4v) is 2.14. The molecule has 7 nitrogen and oxygen atoms in total. The van der Waals surface area contributed by atoms with Gasteiger partial charge in [0.1, 0.15) is 22.8 Å². The van der Waals surface area contributed by atoms with Gasteiger partial charge in [-0.25, -0.2) is 0 Å². The smallest absolute Gasteiger partial charge is 0.267 e. The van der Waals surface area contributed by atoms with Gasteiger partial charge in [0.25, 0.3) is 11.5 Å². The Labute approximate surface area is 126 Å². The standard InChI is InChI=1S/C15H16N2O5/c1-8(18)7-16-14(20)12-13(19)10-6-9(22-3)4-5-11(10)17(2)15(12)21/h4-6,19H,7H2,1-3H3,(H,16,20). The number of aromatic hydroxyl groups is 1. The molecule has 7 heteroatoms. The van der Waals surface area contributed by atoms with Crippen LogP contribution in [-0.4, -0.2) is 35.0 Å². The van der Waals surface area contributed by atoms with Gasteiger partial charge in [0, 0.05) is 12.4 Å². The molecule has 0 unspecified atom stereocenters. The maximum absolute atomic E-state index is 12.3. The highest BCUT2D eigenvalue weighted by atomic mass is 16.5. The lowest BCUT2D eigenvalue weighted by molar-refractivity contribution is -0.116. The molecular formula is C15H16N2O5. The van der Waals surface area contributed by atoms with Crippen molar-refractivity contribution in [3.63, 3.8) is 0 Å². The van der Waals surface area contributed by atoms with Gasteiger partial charge in [-0.3, -0.25) is 14.4 Å². The second kappa shape index (κ2) is 5.88. The lowest BCUT2D eigenvalue weighted by atomic mass is 10.1. The number of methoxy groups -OCH3 is 1. The van der Waals surface area contributed by atoms with Crippen molar-refractivity contribution in [1.82, 2.24) is 9.88 Å². The number of nitrogens with one attached hydrogen (secondary N) is 1. The summed E-state index contributed by atoms with van der Waals surface area (Å²) >= 11 is 0. The normalized spacial score (nSPS) is 10.5. The van der Waals surface area contributed by atoms with Gasteiger partial charge < -0.3 is 19.7 Å². The molecule has 0 saturated heterocycles. The minimum Gasteiger partial charge on any atom is -0.506 e. The summed E-state index contributed by atoms with van der Waals surface area (Å²) in [6.45, 7) is 1.10. The van der Waals surface area contributed by atoms with Gasteiger partial charge in [-0.15, -0.1) is 0 Å². The van der Waals surface area contributed by atoms with E-state index in [2.05, 4.69) is 5.32 Å². The first-order valence-electron chi connectivity index (χ1n) is 6.54. The van der Waals surface area contributed by atoms with Crippen LogP contribution in [-0.2, 0) is 11.8 Å². The summed E-state index contributed by atoms with van der Waals surface area (Å²) in [5.74, 6) is -1.00. The molecule has 0 fully saturated rings. The summed E-state index contributed by atoms with van der Waals surface area (Å²) in [6, 6.07) is 4.80. The number of amides is 1. The number of benzene rings is 1. The number of ketones is 1. The number of fused-ring (bicyclic) bond motifs is 1. The number of hydrogen-bond acceptors (Lipinski definition) is 5. The molecule has 0 radical (unpaired) electrons. The molecule has 0 spiro atoms. The van der Waals surface area contributed by atoms with Gasteiger partial charge in [-0.2, -0.15) is 0 Å². The summed E-state index contributed by atoms with van der Waals surface area (Å²) in [5.41, 5.74) is -0.577. The number of ether oxygens (including phenoxy) is 1. The molecular weight excluding hydrogens is 288 g/mol. The summed E-state index contributed by atoms with van der Waals surface area (Å²) in [6.07, 6.45) is 0. The first-order chi connectivity index (χ1) is 10.4. The van der Waals surface area contributed by atoms with E-state index in [9.17, 15) is 19.5 Å². The van der Waals surface area contributed by atoms with Crippen LogP contribution in [0.5, 0.6) is 11.5 Å². The van der Waals surface area contributed by atoms with Crippen LogP contribution >= 0.6 is 0 Å². The lowest BCUT2D eigenvalue weighted by Crippen LogP contribution is -2.34. The molecule has 1 aromatic carbocycles. The van der Waals surface area contributed by atoms with Gasteiger partial charge in [-0.1, -0.05) is 0 Å². The predicted octanol–water partition coefficient (Wildman–Crippen LogP) is 0.572. The molecule has 1 heterocycles. The molecule has 0 atom stereocenters. The van der Waals surface area contributed by atoms with Crippen LogP contribution in [0.3, 0.4) is 0 Å². The van der Waals surface area contributed by atoms with E-state index in [0.29, 0.717) is 16.7 Å². The Balaban J connectivity index is 2.66. The zero-order valence-corrected chi connectivity index (χ0v) is 12.5. The largest absolute Gasteiger partial charge is 0.506 e. The predicted molar refractivity (Wildman–Crippen MR) is 80.4 cm³/mol. The van der Waals surface area contributed by atoms with Crippen molar-refractivity contribution in [2.45, 2.75) is 6.92 Å². The Hall–Kier alpha value is -2.83. The topological polar surface area (TPSA) is 97.6 Å². The Morgan fingerprint density at radius 2 is 2.05 bits per heavy atom. The number of rotatable bonds is 4. The van der Waals surface area contributed by atoms with Gasteiger partial charge in [0.15, 0.2) is 0 Å². The van der Waals surface area contributed by atoms with E-state index >= 15 is 0 Å². The second-order valence-electron chi connectivity index (χ2n) is 4.86. The monoisotopic (exact) mass is 304 g/mol.